The summed E-state index contributed by atoms with van der Waals surface area (Å²) in [6.45, 7) is 0. The van der Waals surface area contributed by atoms with E-state index in [0.717, 1.165) is 12.8 Å². The van der Waals surface area contributed by atoms with Crippen LogP contribution in [0.2, 0.25) is 0 Å². The van der Waals surface area contributed by atoms with Gasteiger partial charge in [-0.15, -0.1) is 0 Å². The van der Waals surface area contributed by atoms with Crippen LogP contribution in [0.25, 0.3) is 0 Å². The Hall–Kier alpha value is -1.90. The van der Waals surface area contributed by atoms with E-state index in [2.05, 4.69) is 17.1 Å². The van der Waals surface area contributed by atoms with Crippen molar-refractivity contribution in [2.24, 2.45) is 13.0 Å². The largest absolute Gasteiger partial charge is 0.332 e. The molecule has 0 saturated heterocycles. The Morgan fingerprint density at radius 2 is 1.94 bits per heavy atom. The van der Waals surface area contributed by atoms with Crippen LogP contribution in [0.4, 0.5) is 0 Å². The highest BCUT2D eigenvalue weighted by Gasteiger charge is 2.29. The normalized spacial score (nSPS) is 14.9. The van der Waals surface area contributed by atoms with Crippen LogP contribution < -0.4 is 0 Å². The first-order chi connectivity index (χ1) is 8.25. The Bertz CT molecular complexity index is 546. The first kappa shape index (κ1) is 10.3. The van der Waals surface area contributed by atoms with Crippen LogP contribution in [0, 0.1) is 5.92 Å². The van der Waals surface area contributed by atoms with E-state index in [4.69, 9.17) is 0 Å². The van der Waals surface area contributed by atoms with Gasteiger partial charge in [0.15, 0.2) is 5.82 Å². The van der Waals surface area contributed by atoms with Crippen molar-refractivity contribution >= 4 is 5.78 Å². The van der Waals surface area contributed by atoms with Crippen LogP contribution in [0.15, 0.2) is 36.7 Å². The van der Waals surface area contributed by atoms with Crippen molar-refractivity contribution in [3.8, 4) is 0 Å². The van der Waals surface area contributed by atoms with Crippen molar-refractivity contribution in [2.75, 3.05) is 0 Å². The fourth-order valence-electron chi connectivity index (χ4n) is 2.53. The summed E-state index contributed by atoms with van der Waals surface area (Å²) in [7, 11) is 1.86. The molecule has 0 amide bonds. The molecule has 3 heteroatoms. The number of Topliss-reactive ketones (excluding diaryl/α,β-unsaturated/α-hetero) is 1. The van der Waals surface area contributed by atoms with E-state index in [1.54, 1.807) is 10.8 Å². The number of hydrogen-bond donors (Lipinski definition) is 0. The maximum absolute atomic E-state index is 12.3. The molecule has 0 saturated carbocycles. The summed E-state index contributed by atoms with van der Waals surface area (Å²) in [6, 6.07) is 8.29. The zero-order valence-electron chi connectivity index (χ0n) is 9.76. The van der Waals surface area contributed by atoms with Gasteiger partial charge in [0, 0.05) is 25.4 Å². The Labute approximate surface area is 100 Å². The fourth-order valence-corrected chi connectivity index (χ4v) is 2.53. The minimum atomic E-state index is 0.0634. The molecule has 2 aromatic rings. The molecule has 1 aromatic heterocycles. The number of carbonyl (C=O) groups excluding carboxylic acids is 1. The predicted octanol–water partition coefficient (Wildman–Crippen LogP) is 2.02. The zero-order valence-corrected chi connectivity index (χ0v) is 9.76. The lowest BCUT2D eigenvalue weighted by molar-refractivity contribution is 0.0911. The van der Waals surface area contributed by atoms with E-state index in [0.29, 0.717) is 5.82 Å². The van der Waals surface area contributed by atoms with Crippen LogP contribution >= 0.6 is 0 Å². The molecule has 0 N–H and O–H groups in total. The lowest BCUT2D eigenvalue weighted by Gasteiger charge is -2.07. The molecular weight excluding hydrogens is 212 g/mol. The van der Waals surface area contributed by atoms with Gasteiger partial charge >= 0.3 is 0 Å². The number of aryl methyl sites for hydroxylation is 1. The number of hydrogen-bond acceptors (Lipinski definition) is 2. The standard InChI is InChI=1S/C14H14N2O/c1-16-7-6-15-14(16)13(17)12-8-10-4-2-3-5-11(10)9-12/h2-7,12H,8-9H2,1H3. The molecule has 1 aliphatic carbocycles. The van der Waals surface area contributed by atoms with Crippen molar-refractivity contribution in [2.45, 2.75) is 12.8 Å². The number of imidazole rings is 1. The Morgan fingerprint density at radius 3 is 2.47 bits per heavy atom. The number of fused-ring (bicyclic) bond motifs is 1. The molecule has 1 aliphatic rings. The Kier molecular flexibility index (Phi) is 2.32. The number of rotatable bonds is 2. The van der Waals surface area contributed by atoms with Gasteiger partial charge in [0.05, 0.1) is 0 Å². The molecule has 0 radical (unpaired) electrons. The van der Waals surface area contributed by atoms with E-state index in [1.165, 1.54) is 11.1 Å². The van der Waals surface area contributed by atoms with Gasteiger partial charge in [0.1, 0.15) is 0 Å². The van der Waals surface area contributed by atoms with E-state index in [1.807, 2.05) is 25.4 Å². The third-order valence-corrected chi connectivity index (χ3v) is 3.46. The summed E-state index contributed by atoms with van der Waals surface area (Å²) in [5, 5.41) is 0. The van der Waals surface area contributed by atoms with Crippen molar-refractivity contribution in [3.63, 3.8) is 0 Å². The molecule has 3 nitrogen and oxygen atoms in total. The monoisotopic (exact) mass is 226 g/mol. The molecule has 0 fully saturated rings. The van der Waals surface area contributed by atoms with E-state index in [9.17, 15) is 4.79 Å². The van der Waals surface area contributed by atoms with Crippen molar-refractivity contribution in [3.05, 3.63) is 53.6 Å². The van der Waals surface area contributed by atoms with Gasteiger partial charge < -0.3 is 4.57 Å². The third kappa shape index (κ3) is 1.68. The minimum Gasteiger partial charge on any atom is -0.332 e. The molecule has 0 aliphatic heterocycles. The molecular formula is C14H14N2O. The molecule has 0 unspecified atom stereocenters. The molecule has 0 bridgehead atoms. The van der Waals surface area contributed by atoms with Gasteiger partial charge in [-0.2, -0.15) is 0 Å². The fraction of sp³-hybridized carbons (Fsp3) is 0.286. The van der Waals surface area contributed by atoms with Gasteiger partial charge in [-0.25, -0.2) is 4.98 Å². The topological polar surface area (TPSA) is 34.9 Å². The second kappa shape index (κ2) is 3.84. The zero-order chi connectivity index (χ0) is 11.8. The molecule has 17 heavy (non-hydrogen) atoms. The number of aromatic nitrogens is 2. The lowest BCUT2D eigenvalue weighted by atomic mass is 10.0. The molecule has 0 spiro atoms. The van der Waals surface area contributed by atoms with Gasteiger partial charge in [-0.05, 0) is 24.0 Å². The highest BCUT2D eigenvalue weighted by molar-refractivity contribution is 5.95. The average molecular weight is 226 g/mol. The molecule has 3 rings (SSSR count). The number of nitrogens with zero attached hydrogens (tertiary/aromatic N) is 2. The molecule has 0 atom stereocenters. The van der Waals surface area contributed by atoms with Gasteiger partial charge in [-0.1, -0.05) is 24.3 Å². The summed E-state index contributed by atoms with van der Waals surface area (Å²) in [5.74, 6) is 0.796. The van der Waals surface area contributed by atoms with Crippen LogP contribution in [-0.4, -0.2) is 15.3 Å². The summed E-state index contributed by atoms with van der Waals surface area (Å²) in [5.41, 5.74) is 2.61. The highest BCUT2D eigenvalue weighted by atomic mass is 16.1. The quantitative estimate of drug-likeness (QED) is 0.734. The van der Waals surface area contributed by atoms with E-state index >= 15 is 0 Å². The minimum absolute atomic E-state index is 0.0634. The summed E-state index contributed by atoms with van der Waals surface area (Å²) in [4.78, 5) is 16.5. The third-order valence-electron chi connectivity index (χ3n) is 3.46. The van der Waals surface area contributed by atoms with Crippen LogP contribution in [0.3, 0.4) is 0 Å². The predicted molar refractivity (Wildman–Crippen MR) is 64.9 cm³/mol. The first-order valence-electron chi connectivity index (χ1n) is 5.84. The van der Waals surface area contributed by atoms with Crippen molar-refractivity contribution in [1.29, 1.82) is 0 Å². The van der Waals surface area contributed by atoms with E-state index < -0.39 is 0 Å². The number of ketones is 1. The number of benzene rings is 1. The van der Waals surface area contributed by atoms with Gasteiger partial charge in [0.2, 0.25) is 5.78 Å². The SMILES string of the molecule is Cn1ccnc1C(=O)C1Cc2ccccc2C1. The summed E-state index contributed by atoms with van der Waals surface area (Å²) < 4.78 is 1.80. The summed E-state index contributed by atoms with van der Waals surface area (Å²) in [6.07, 6.45) is 5.19. The Morgan fingerprint density at radius 1 is 1.29 bits per heavy atom. The second-order valence-electron chi connectivity index (χ2n) is 4.60. The van der Waals surface area contributed by atoms with E-state index in [-0.39, 0.29) is 11.7 Å². The molecule has 1 aromatic carbocycles. The summed E-state index contributed by atoms with van der Waals surface area (Å²) >= 11 is 0. The maximum Gasteiger partial charge on any atom is 0.201 e. The van der Waals surface area contributed by atoms with Crippen LogP contribution in [0.1, 0.15) is 21.7 Å². The van der Waals surface area contributed by atoms with Crippen molar-refractivity contribution < 1.29 is 4.79 Å². The van der Waals surface area contributed by atoms with Crippen molar-refractivity contribution in [1.82, 2.24) is 9.55 Å². The maximum atomic E-state index is 12.3. The first-order valence-corrected chi connectivity index (χ1v) is 5.84. The van der Waals surface area contributed by atoms with Crippen LogP contribution in [-0.2, 0) is 19.9 Å². The average Bonchev–Trinajstić information content (AvgIpc) is 2.93. The number of carbonyl (C=O) groups is 1. The second-order valence-corrected chi connectivity index (χ2v) is 4.60. The lowest BCUT2D eigenvalue weighted by Crippen LogP contribution is -2.18. The molecule has 1 heterocycles. The van der Waals surface area contributed by atoms with Gasteiger partial charge in [-0.3, -0.25) is 4.79 Å². The highest BCUT2D eigenvalue weighted by Crippen LogP contribution is 2.28. The van der Waals surface area contributed by atoms with Crippen LogP contribution in [0.5, 0.6) is 0 Å². The Balaban J connectivity index is 1.86. The smallest absolute Gasteiger partial charge is 0.201 e. The molecule has 86 valence electrons. The van der Waals surface area contributed by atoms with Gasteiger partial charge in [0.25, 0.3) is 0 Å².